The summed E-state index contributed by atoms with van der Waals surface area (Å²) >= 11 is 3.04. The summed E-state index contributed by atoms with van der Waals surface area (Å²) in [5, 5.41) is 3.07. The van der Waals surface area contributed by atoms with Crippen molar-refractivity contribution in [3.05, 3.63) is 28.2 Å². The van der Waals surface area contributed by atoms with Crippen molar-refractivity contribution in [2.75, 3.05) is 5.32 Å². The maximum absolute atomic E-state index is 13.4. The Bertz CT molecular complexity index is 377. The lowest BCUT2D eigenvalue weighted by atomic mass is 10.2. The zero-order valence-electron chi connectivity index (χ0n) is 8.36. The summed E-state index contributed by atoms with van der Waals surface area (Å²) < 4.78 is 26.6. The van der Waals surface area contributed by atoms with Gasteiger partial charge in [-0.25, -0.2) is 8.78 Å². The molecule has 1 nitrogen and oxygen atoms in total. The average molecular weight is 276 g/mol. The number of rotatable bonds is 3. The minimum Gasteiger partial charge on any atom is -0.380 e. The van der Waals surface area contributed by atoms with Crippen LogP contribution < -0.4 is 5.32 Å². The van der Waals surface area contributed by atoms with Gasteiger partial charge in [0.2, 0.25) is 0 Å². The number of nitrogens with one attached hydrogen (secondary N) is 1. The molecule has 1 aromatic carbocycles. The van der Waals surface area contributed by atoms with Crippen molar-refractivity contribution in [1.82, 2.24) is 0 Å². The monoisotopic (exact) mass is 275 g/mol. The van der Waals surface area contributed by atoms with Crippen molar-refractivity contribution in [2.45, 2.75) is 25.8 Å². The van der Waals surface area contributed by atoms with E-state index in [4.69, 9.17) is 0 Å². The molecule has 82 valence electrons. The van der Waals surface area contributed by atoms with Crippen molar-refractivity contribution in [3.63, 3.8) is 0 Å². The van der Waals surface area contributed by atoms with Gasteiger partial charge in [0.1, 0.15) is 11.6 Å². The molecule has 1 fully saturated rings. The predicted octanol–water partition coefficient (Wildman–Crippen LogP) is 3.94. The van der Waals surface area contributed by atoms with Gasteiger partial charge in [0, 0.05) is 12.1 Å². The van der Waals surface area contributed by atoms with Crippen LogP contribution in [-0.2, 0) is 0 Å². The fraction of sp³-hybridized carbons (Fsp3) is 0.455. The molecule has 0 spiro atoms. The summed E-state index contributed by atoms with van der Waals surface area (Å²) in [5.74, 6) is -0.478. The van der Waals surface area contributed by atoms with Crippen molar-refractivity contribution >= 4 is 21.6 Å². The lowest BCUT2D eigenvalue weighted by molar-refractivity contribution is 0.577. The zero-order valence-corrected chi connectivity index (χ0v) is 9.94. The molecule has 1 atom stereocenters. The molecule has 1 unspecified atom stereocenters. The van der Waals surface area contributed by atoms with Crippen LogP contribution in [0.1, 0.15) is 19.8 Å². The lowest BCUT2D eigenvalue weighted by Gasteiger charge is -2.15. The van der Waals surface area contributed by atoms with Crippen LogP contribution in [0.25, 0.3) is 0 Å². The lowest BCUT2D eigenvalue weighted by Crippen LogP contribution is -2.18. The van der Waals surface area contributed by atoms with Gasteiger partial charge in [-0.05, 0) is 47.7 Å². The Morgan fingerprint density at radius 1 is 1.33 bits per heavy atom. The molecule has 0 saturated heterocycles. The number of benzene rings is 1. The van der Waals surface area contributed by atoms with Crippen LogP contribution in [-0.4, -0.2) is 6.04 Å². The molecule has 4 heteroatoms. The molecule has 0 aliphatic heterocycles. The molecule has 1 N–H and O–H groups in total. The molecule has 15 heavy (non-hydrogen) atoms. The summed E-state index contributed by atoms with van der Waals surface area (Å²) in [7, 11) is 0. The Labute approximate surface area is 96.0 Å². The van der Waals surface area contributed by atoms with Gasteiger partial charge in [-0.15, -0.1) is 0 Å². The van der Waals surface area contributed by atoms with Crippen molar-refractivity contribution < 1.29 is 8.78 Å². The van der Waals surface area contributed by atoms with Gasteiger partial charge in [0.25, 0.3) is 0 Å². The van der Waals surface area contributed by atoms with Crippen LogP contribution in [0.15, 0.2) is 16.6 Å². The summed E-state index contributed by atoms with van der Waals surface area (Å²) in [6, 6.07) is 2.59. The van der Waals surface area contributed by atoms with Crippen molar-refractivity contribution in [3.8, 4) is 0 Å². The van der Waals surface area contributed by atoms with Gasteiger partial charge in [0.05, 0.1) is 10.2 Å². The predicted molar refractivity (Wildman–Crippen MR) is 59.9 cm³/mol. The Morgan fingerprint density at radius 3 is 2.60 bits per heavy atom. The number of anilines is 1. The van der Waals surface area contributed by atoms with Gasteiger partial charge in [0.15, 0.2) is 0 Å². The van der Waals surface area contributed by atoms with E-state index in [1.807, 2.05) is 6.92 Å². The number of hydrogen-bond acceptors (Lipinski definition) is 1. The maximum Gasteiger partial charge on any atom is 0.149 e. The standard InChI is InChI=1S/C11H12BrF2N/c1-6(7-2-3-7)15-11-4-8(12)9(13)5-10(11)14/h4-7,15H,2-3H2,1H3. The Morgan fingerprint density at radius 2 is 2.00 bits per heavy atom. The van der Waals surface area contributed by atoms with Gasteiger partial charge in [-0.1, -0.05) is 0 Å². The molecular formula is C11H12BrF2N. The third kappa shape index (κ3) is 2.48. The first-order valence-corrected chi connectivity index (χ1v) is 5.78. The quantitative estimate of drug-likeness (QED) is 0.824. The highest BCUT2D eigenvalue weighted by Gasteiger charge is 2.28. The van der Waals surface area contributed by atoms with E-state index in [0.29, 0.717) is 11.6 Å². The highest BCUT2D eigenvalue weighted by molar-refractivity contribution is 9.10. The van der Waals surface area contributed by atoms with Crippen molar-refractivity contribution in [2.24, 2.45) is 5.92 Å². The van der Waals surface area contributed by atoms with Gasteiger partial charge in [-0.2, -0.15) is 0 Å². The maximum atomic E-state index is 13.4. The highest BCUT2D eigenvalue weighted by atomic mass is 79.9. The molecule has 0 bridgehead atoms. The van der Waals surface area contributed by atoms with E-state index < -0.39 is 11.6 Å². The fourth-order valence-corrected chi connectivity index (χ4v) is 1.94. The summed E-state index contributed by atoms with van der Waals surface area (Å²) in [5.41, 5.74) is 0.364. The van der Waals surface area contributed by atoms with E-state index in [9.17, 15) is 8.78 Å². The second-order valence-corrected chi connectivity index (χ2v) is 4.87. The molecule has 0 radical (unpaired) electrons. The van der Waals surface area contributed by atoms with Crippen LogP contribution in [0.5, 0.6) is 0 Å². The molecular weight excluding hydrogens is 264 g/mol. The van der Waals surface area contributed by atoms with E-state index in [1.165, 1.54) is 18.9 Å². The number of hydrogen-bond donors (Lipinski definition) is 1. The van der Waals surface area contributed by atoms with E-state index >= 15 is 0 Å². The topological polar surface area (TPSA) is 12.0 Å². The van der Waals surface area contributed by atoms with E-state index in [0.717, 1.165) is 6.07 Å². The third-order valence-electron chi connectivity index (χ3n) is 2.72. The second kappa shape index (κ2) is 4.08. The summed E-state index contributed by atoms with van der Waals surface area (Å²) in [6.07, 6.45) is 2.39. The van der Waals surface area contributed by atoms with Crippen LogP contribution in [0.4, 0.5) is 14.5 Å². The van der Waals surface area contributed by atoms with E-state index in [-0.39, 0.29) is 10.5 Å². The molecule has 0 amide bonds. The summed E-state index contributed by atoms with van der Waals surface area (Å²) in [4.78, 5) is 0. The SMILES string of the molecule is CC(Nc1cc(Br)c(F)cc1F)C1CC1. The Balaban J connectivity index is 2.16. The Hall–Kier alpha value is -0.640. The third-order valence-corrected chi connectivity index (χ3v) is 3.33. The first-order valence-electron chi connectivity index (χ1n) is 4.99. The minimum atomic E-state index is -0.572. The molecule has 1 saturated carbocycles. The molecule has 1 aliphatic rings. The minimum absolute atomic E-state index is 0.247. The smallest absolute Gasteiger partial charge is 0.149 e. The molecule has 1 aromatic rings. The van der Waals surface area contributed by atoms with Gasteiger partial charge >= 0.3 is 0 Å². The molecule has 0 heterocycles. The largest absolute Gasteiger partial charge is 0.380 e. The highest BCUT2D eigenvalue weighted by Crippen LogP contribution is 2.35. The van der Waals surface area contributed by atoms with Crippen LogP contribution in [0.2, 0.25) is 0 Å². The fourth-order valence-electron chi connectivity index (χ4n) is 1.59. The number of halogens is 3. The zero-order chi connectivity index (χ0) is 11.0. The first kappa shape index (κ1) is 10.9. The van der Waals surface area contributed by atoms with Gasteiger partial charge in [-0.3, -0.25) is 0 Å². The molecule has 1 aliphatic carbocycles. The molecule has 2 rings (SSSR count). The molecule has 0 aromatic heterocycles. The Kier molecular flexibility index (Phi) is 2.96. The summed E-state index contributed by atoms with van der Waals surface area (Å²) in [6.45, 7) is 2.02. The second-order valence-electron chi connectivity index (χ2n) is 4.02. The first-order chi connectivity index (χ1) is 7.08. The van der Waals surface area contributed by atoms with E-state index in [1.54, 1.807) is 0 Å². The average Bonchev–Trinajstić information content (AvgIpc) is 2.97. The van der Waals surface area contributed by atoms with Crippen LogP contribution in [0.3, 0.4) is 0 Å². The van der Waals surface area contributed by atoms with Crippen molar-refractivity contribution in [1.29, 1.82) is 0 Å². The van der Waals surface area contributed by atoms with Crippen LogP contribution in [0, 0.1) is 17.6 Å². The van der Waals surface area contributed by atoms with E-state index in [2.05, 4.69) is 21.2 Å². The van der Waals surface area contributed by atoms with Crippen LogP contribution >= 0.6 is 15.9 Å². The normalized spacial score (nSPS) is 17.6. The van der Waals surface area contributed by atoms with Gasteiger partial charge < -0.3 is 5.32 Å².